The first kappa shape index (κ1) is 25.0. The van der Waals surface area contributed by atoms with Crippen LogP contribution in [0.25, 0.3) is 0 Å². The van der Waals surface area contributed by atoms with Gasteiger partial charge < -0.3 is 10.1 Å². The van der Waals surface area contributed by atoms with Crippen LogP contribution >= 0.6 is 23.2 Å². The van der Waals surface area contributed by atoms with Crippen molar-refractivity contribution in [3.8, 4) is 0 Å². The Bertz CT molecular complexity index is 1070. The molecule has 0 aromatic heterocycles. The molecule has 0 saturated carbocycles. The highest BCUT2D eigenvalue weighted by molar-refractivity contribution is 7.89. The molecule has 0 bridgehead atoms. The summed E-state index contributed by atoms with van der Waals surface area (Å²) in [6.07, 6.45) is 1.47. The number of hydrogen-bond acceptors (Lipinski definition) is 4. The van der Waals surface area contributed by atoms with Gasteiger partial charge >= 0.3 is 0 Å². The number of carbonyl (C=O) groups excluding carboxylic acids is 1. The highest BCUT2D eigenvalue weighted by atomic mass is 35.5. The van der Waals surface area contributed by atoms with Gasteiger partial charge in [-0.2, -0.15) is 4.31 Å². The SMILES string of the molecule is CCN(CC)S(=O)(=O)c1ccc(Cl)c(C(=O)NCC2(c3cccc(Cl)c3)CCOCC2)c1. The molecule has 1 amide bonds. The number of ether oxygens (including phenoxy) is 1. The molecule has 2 aromatic carbocycles. The fourth-order valence-corrected chi connectivity index (χ4v) is 5.92. The molecule has 1 N–H and O–H groups in total. The summed E-state index contributed by atoms with van der Waals surface area (Å²) in [7, 11) is -3.71. The van der Waals surface area contributed by atoms with Crippen LogP contribution in [0, 0.1) is 0 Å². The topological polar surface area (TPSA) is 75.7 Å². The van der Waals surface area contributed by atoms with Gasteiger partial charge in [-0.1, -0.05) is 49.2 Å². The smallest absolute Gasteiger partial charge is 0.252 e. The fraction of sp³-hybridized carbons (Fsp3) is 0.435. The van der Waals surface area contributed by atoms with Crippen LogP contribution in [-0.2, 0) is 20.2 Å². The molecule has 0 spiro atoms. The zero-order valence-corrected chi connectivity index (χ0v) is 20.6. The number of nitrogens with zero attached hydrogens (tertiary/aromatic N) is 1. The van der Waals surface area contributed by atoms with Crippen molar-refractivity contribution >= 4 is 39.1 Å². The molecule has 2 aromatic rings. The van der Waals surface area contributed by atoms with E-state index < -0.39 is 15.9 Å². The average Bonchev–Trinajstić information content (AvgIpc) is 2.79. The molecule has 3 rings (SSSR count). The van der Waals surface area contributed by atoms with Crippen molar-refractivity contribution in [1.29, 1.82) is 0 Å². The molecule has 1 fully saturated rings. The Morgan fingerprint density at radius 2 is 1.78 bits per heavy atom. The van der Waals surface area contributed by atoms with Crippen LogP contribution in [-0.4, -0.2) is 51.5 Å². The van der Waals surface area contributed by atoms with E-state index in [2.05, 4.69) is 5.32 Å². The maximum absolute atomic E-state index is 13.1. The van der Waals surface area contributed by atoms with Crippen molar-refractivity contribution in [2.24, 2.45) is 0 Å². The molecule has 0 unspecified atom stereocenters. The summed E-state index contributed by atoms with van der Waals surface area (Å²) >= 11 is 12.5. The summed E-state index contributed by atoms with van der Waals surface area (Å²) in [5.41, 5.74) is 0.849. The Balaban J connectivity index is 1.86. The molecule has 0 atom stereocenters. The van der Waals surface area contributed by atoms with Gasteiger partial charge in [-0.15, -0.1) is 0 Å². The number of nitrogens with one attached hydrogen (secondary N) is 1. The molecular formula is C23H28Cl2N2O4S. The van der Waals surface area contributed by atoms with E-state index in [0.717, 1.165) is 18.4 Å². The zero-order valence-electron chi connectivity index (χ0n) is 18.2. The number of rotatable bonds is 8. The van der Waals surface area contributed by atoms with Gasteiger partial charge in [0.2, 0.25) is 10.0 Å². The Morgan fingerprint density at radius 1 is 1.09 bits per heavy atom. The summed E-state index contributed by atoms with van der Waals surface area (Å²) in [5.74, 6) is -0.417. The van der Waals surface area contributed by atoms with E-state index in [1.807, 2.05) is 24.3 Å². The quantitative estimate of drug-likeness (QED) is 0.581. The zero-order chi connectivity index (χ0) is 23.4. The lowest BCUT2D eigenvalue weighted by Gasteiger charge is -2.38. The summed E-state index contributed by atoms with van der Waals surface area (Å²) < 4.78 is 32.6. The number of sulfonamides is 1. The standard InChI is InChI=1S/C23H28Cl2N2O4S/c1-3-27(4-2)32(29,30)19-8-9-21(25)20(15-19)22(28)26-16-23(10-12-31-13-11-23)17-6-5-7-18(24)14-17/h5-9,14-15H,3-4,10-13,16H2,1-2H3,(H,26,28). The Morgan fingerprint density at radius 3 is 2.41 bits per heavy atom. The lowest BCUT2D eigenvalue weighted by molar-refractivity contribution is 0.0487. The van der Waals surface area contributed by atoms with E-state index in [0.29, 0.717) is 37.9 Å². The van der Waals surface area contributed by atoms with Gasteiger partial charge in [0.1, 0.15) is 0 Å². The molecule has 1 saturated heterocycles. The Kier molecular flexibility index (Phi) is 8.22. The molecule has 6 nitrogen and oxygen atoms in total. The predicted molar refractivity (Wildman–Crippen MR) is 127 cm³/mol. The van der Waals surface area contributed by atoms with E-state index >= 15 is 0 Å². The third kappa shape index (κ3) is 5.29. The number of amides is 1. The van der Waals surface area contributed by atoms with Gasteiger partial charge in [0.25, 0.3) is 5.91 Å². The molecular weight excluding hydrogens is 471 g/mol. The van der Waals surface area contributed by atoms with Crippen LogP contribution in [0.15, 0.2) is 47.4 Å². The monoisotopic (exact) mass is 498 g/mol. The van der Waals surface area contributed by atoms with E-state index in [4.69, 9.17) is 27.9 Å². The van der Waals surface area contributed by atoms with Crippen LogP contribution < -0.4 is 5.32 Å². The second-order valence-corrected chi connectivity index (χ2v) is 10.6. The van der Waals surface area contributed by atoms with E-state index in [9.17, 15) is 13.2 Å². The van der Waals surface area contributed by atoms with E-state index in [-0.39, 0.29) is 20.9 Å². The molecule has 0 radical (unpaired) electrons. The number of hydrogen-bond donors (Lipinski definition) is 1. The molecule has 174 valence electrons. The second kappa shape index (κ2) is 10.5. The minimum atomic E-state index is -3.71. The van der Waals surface area contributed by atoms with Gasteiger partial charge in [-0.05, 0) is 48.7 Å². The van der Waals surface area contributed by atoms with Crippen molar-refractivity contribution in [2.45, 2.75) is 37.0 Å². The van der Waals surface area contributed by atoms with Gasteiger partial charge in [0, 0.05) is 43.3 Å². The first-order chi connectivity index (χ1) is 15.2. The van der Waals surface area contributed by atoms with Crippen molar-refractivity contribution in [1.82, 2.24) is 9.62 Å². The van der Waals surface area contributed by atoms with Crippen LogP contribution in [0.3, 0.4) is 0 Å². The molecule has 0 aliphatic carbocycles. The van der Waals surface area contributed by atoms with Crippen molar-refractivity contribution in [2.75, 3.05) is 32.8 Å². The predicted octanol–water partition coefficient (Wildman–Crippen LogP) is 4.50. The van der Waals surface area contributed by atoms with Gasteiger partial charge in [-0.25, -0.2) is 8.42 Å². The van der Waals surface area contributed by atoms with Crippen molar-refractivity contribution in [3.63, 3.8) is 0 Å². The second-order valence-electron chi connectivity index (χ2n) is 7.82. The maximum atomic E-state index is 13.1. The van der Waals surface area contributed by atoms with Crippen molar-refractivity contribution < 1.29 is 17.9 Å². The normalized spacial score (nSPS) is 16.2. The minimum absolute atomic E-state index is 0.0476. The lowest BCUT2D eigenvalue weighted by atomic mass is 9.74. The van der Waals surface area contributed by atoms with Crippen LogP contribution in [0.4, 0.5) is 0 Å². The first-order valence-electron chi connectivity index (χ1n) is 10.6. The first-order valence-corrected chi connectivity index (χ1v) is 12.8. The average molecular weight is 499 g/mol. The summed E-state index contributed by atoms with van der Waals surface area (Å²) in [5, 5.41) is 3.81. The van der Waals surface area contributed by atoms with Gasteiger partial charge in [0.05, 0.1) is 15.5 Å². The molecule has 9 heteroatoms. The number of halogens is 2. The molecule has 1 aliphatic heterocycles. The van der Waals surface area contributed by atoms with Gasteiger partial charge in [0.15, 0.2) is 0 Å². The van der Waals surface area contributed by atoms with E-state index in [1.54, 1.807) is 13.8 Å². The van der Waals surface area contributed by atoms with Crippen LogP contribution in [0.2, 0.25) is 10.0 Å². The van der Waals surface area contributed by atoms with Crippen LogP contribution in [0.1, 0.15) is 42.6 Å². The minimum Gasteiger partial charge on any atom is -0.381 e. The Hall–Kier alpha value is -1.64. The Labute approximate surface area is 199 Å². The summed E-state index contributed by atoms with van der Waals surface area (Å²) in [6, 6.07) is 11.9. The third-order valence-electron chi connectivity index (χ3n) is 6.00. The third-order valence-corrected chi connectivity index (χ3v) is 8.61. The van der Waals surface area contributed by atoms with Gasteiger partial charge in [-0.3, -0.25) is 4.79 Å². The fourth-order valence-electron chi connectivity index (χ4n) is 4.04. The number of carbonyl (C=O) groups is 1. The summed E-state index contributed by atoms with van der Waals surface area (Å²) in [4.78, 5) is 13.1. The summed E-state index contributed by atoms with van der Waals surface area (Å²) in [6.45, 7) is 5.75. The largest absolute Gasteiger partial charge is 0.381 e. The maximum Gasteiger partial charge on any atom is 0.252 e. The van der Waals surface area contributed by atoms with Crippen molar-refractivity contribution in [3.05, 3.63) is 63.6 Å². The van der Waals surface area contributed by atoms with E-state index in [1.165, 1.54) is 22.5 Å². The molecule has 1 aliphatic rings. The highest BCUT2D eigenvalue weighted by Crippen LogP contribution is 2.35. The number of benzene rings is 2. The van der Waals surface area contributed by atoms with Crippen LogP contribution in [0.5, 0.6) is 0 Å². The molecule has 32 heavy (non-hydrogen) atoms. The molecule has 1 heterocycles. The highest BCUT2D eigenvalue weighted by Gasteiger charge is 2.35. The lowest BCUT2D eigenvalue weighted by Crippen LogP contribution is -2.44.